The molecule has 1 fully saturated rings. The van der Waals surface area contributed by atoms with E-state index in [0.717, 1.165) is 28.2 Å². The number of hydrogen-bond acceptors (Lipinski definition) is 7. The fourth-order valence-corrected chi connectivity index (χ4v) is 4.40. The Bertz CT molecular complexity index is 1540. The van der Waals surface area contributed by atoms with Gasteiger partial charge in [0.15, 0.2) is 5.17 Å². The average Bonchev–Trinajstić information content (AvgIpc) is 3.21. The molecule has 0 unspecified atom stereocenters. The second-order valence-electron chi connectivity index (χ2n) is 9.02. The van der Waals surface area contributed by atoms with Crippen molar-refractivity contribution in [3.8, 4) is 0 Å². The topological polar surface area (TPSA) is 110 Å². The fraction of sp³-hybridized carbons (Fsp3) is 0.192. The van der Waals surface area contributed by atoms with Crippen LogP contribution in [0.2, 0.25) is 5.02 Å². The number of ether oxygens (including phenoxy) is 1. The molecule has 202 valence electrons. The Morgan fingerprint density at radius 1 is 1.18 bits per heavy atom. The van der Waals surface area contributed by atoms with Crippen molar-refractivity contribution in [3.05, 3.63) is 75.8 Å². The van der Waals surface area contributed by atoms with Gasteiger partial charge in [0.05, 0.1) is 26.7 Å². The molecule has 8 nitrogen and oxygen atoms in total. The molecule has 4 rings (SSSR count). The molecule has 3 aromatic rings. The Morgan fingerprint density at radius 2 is 1.95 bits per heavy atom. The Balaban J connectivity index is 1.48. The van der Waals surface area contributed by atoms with Gasteiger partial charge in [-0.3, -0.25) is 14.6 Å². The highest BCUT2D eigenvalue weighted by Gasteiger charge is 2.42. The molecule has 0 aliphatic carbocycles. The zero-order valence-electron chi connectivity index (χ0n) is 20.4. The van der Waals surface area contributed by atoms with Gasteiger partial charge in [-0.05, 0) is 73.6 Å². The zero-order chi connectivity index (χ0) is 28.4. The lowest BCUT2D eigenvalue weighted by molar-refractivity contribution is -0.201. The summed E-state index contributed by atoms with van der Waals surface area (Å²) in [6.45, 7) is 2.10. The summed E-state index contributed by atoms with van der Waals surface area (Å²) in [4.78, 5) is 45.3. The quantitative estimate of drug-likeness (QED) is 0.301. The van der Waals surface area contributed by atoms with E-state index < -0.39 is 30.2 Å². The van der Waals surface area contributed by atoms with Crippen LogP contribution >= 0.6 is 23.4 Å². The molecule has 2 N–H and O–H groups in total. The first-order chi connectivity index (χ1) is 18.3. The summed E-state index contributed by atoms with van der Waals surface area (Å²) in [5, 5.41) is 6.54. The third-order valence-corrected chi connectivity index (χ3v) is 6.48. The van der Waals surface area contributed by atoms with E-state index in [4.69, 9.17) is 11.6 Å². The number of pyridine rings is 1. The molecule has 0 atom stereocenters. The van der Waals surface area contributed by atoms with Crippen molar-refractivity contribution in [1.82, 2.24) is 15.6 Å². The molecule has 0 radical (unpaired) electrons. The summed E-state index contributed by atoms with van der Waals surface area (Å²) >= 11 is 7.35. The van der Waals surface area contributed by atoms with Crippen LogP contribution in [-0.2, 0) is 14.3 Å². The summed E-state index contributed by atoms with van der Waals surface area (Å²) < 4.78 is 41.4. The van der Waals surface area contributed by atoms with Gasteiger partial charge in [-0.1, -0.05) is 23.7 Å². The van der Waals surface area contributed by atoms with E-state index in [9.17, 15) is 27.6 Å². The van der Waals surface area contributed by atoms with Crippen LogP contribution in [0, 0.1) is 0 Å². The van der Waals surface area contributed by atoms with E-state index in [2.05, 4.69) is 25.3 Å². The van der Waals surface area contributed by atoms with E-state index in [1.807, 2.05) is 30.3 Å². The van der Waals surface area contributed by atoms with E-state index >= 15 is 0 Å². The number of alkyl halides is 3. The number of fused-ring (bicyclic) bond motifs is 1. The van der Waals surface area contributed by atoms with Crippen molar-refractivity contribution < 1.29 is 32.3 Å². The summed E-state index contributed by atoms with van der Waals surface area (Å²) in [6.07, 6.45) is -1.72. The van der Waals surface area contributed by atoms with Crippen LogP contribution in [0.3, 0.4) is 0 Å². The Morgan fingerprint density at radius 3 is 2.69 bits per heavy atom. The number of aliphatic imine (C=N–C) groups is 1. The molecule has 39 heavy (non-hydrogen) atoms. The van der Waals surface area contributed by atoms with Crippen molar-refractivity contribution in [2.75, 3.05) is 6.61 Å². The molecule has 1 saturated heterocycles. The SMILES string of the molecule is CC(C)(COC(=O)C(F)(F)F)NC(=O)c1ccc(Cl)c(N=C2NC(=O)C(=Cc3ccc4ncccc4c3)S2)c1. The van der Waals surface area contributed by atoms with Crippen molar-refractivity contribution in [2.45, 2.75) is 25.6 Å². The molecule has 0 spiro atoms. The number of nitrogens with zero attached hydrogens (tertiary/aromatic N) is 2. The van der Waals surface area contributed by atoms with Crippen LogP contribution < -0.4 is 10.6 Å². The molecular weight excluding hydrogens is 557 g/mol. The van der Waals surface area contributed by atoms with Gasteiger partial charge in [0.25, 0.3) is 11.8 Å². The summed E-state index contributed by atoms with van der Waals surface area (Å²) in [5.41, 5.74) is 0.608. The molecular formula is C26H20ClF3N4O4S. The van der Waals surface area contributed by atoms with Gasteiger partial charge in [0, 0.05) is 17.1 Å². The number of benzene rings is 2. The Labute approximate surface area is 229 Å². The number of carbonyl (C=O) groups is 3. The molecule has 2 amide bonds. The number of hydrogen-bond donors (Lipinski definition) is 2. The number of rotatable bonds is 6. The van der Waals surface area contributed by atoms with Crippen LogP contribution in [0.4, 0.5) is 18.9 Å². The van der Waals surface area contributed by atoms with Gasteiger partial charge in [0.2, 0.25) is 0 Å². The number of aromatic nitrogens is 1. The Hall–Kier alpha value is -3.90. The minimum Gasteiger partial charge on any atom is -0.457 e. The van der Waals surface area contributed by atoms with Gasteiger partial charge >= 0.3 is 12.1 Å². The monoisotopic (exact) mass is 576 g/mol. The normalized spacial score (nSPS) is 16.0. The molecule has 2 aromatic carbocycles. The second-order valence-corrected chi connectivity index (χ2v) is 10.5. The highest BCUT2D eigenvalue weighted by Crippen LogP contribution is 2.32. The first-order valence-electron chi connectivity index (χ1n) is 11.3. The molecule has 1 aromatic heterocycles. The van der Waals surface area contributed by atoms with Crippen LogP contribution in [0.25, 0.3) is 17.0 Å². The van der Waals surface area contributed by atoms with E-state index in [0.29, 0.717) is 4.91 Å². The largest absolute Gasteiger partial charge is 0.490 e. The minimum absolute atomic E-state index is 0.101. The predicted octanol–water partition coefficient (Wildman–Crippen LogP) is 5.39. The lowest BCUT2D eigenvalue weighted by Gasteiger charge is -2.26. The minimum atomic E-state index is -5.14. The average molecular weight is 577 g/mol. The third kappa shape index (κ3) is 7.15. The van der Waals surface area contributed by atoms with Crippen molar-refractivity contribution >= 4 is 69.0 Å². The summed E-state index contributed by atoms with van der Waals surface area (Å²) in [5.74, 6) is -3.36. The highest BCUT2D eigenvalue weighted by molar-refractivity contribution is 8.18. The van der Waals surface area contributed by atoms with Crippen LogP contribution in [0.1, 0.15) is 29.8 Å². The standard InChI is InChI=1S/C26H20ClF3N4O4S/c1-25(2,13-38-23(37)26(28,29)30)34-21(35)16-6-7-17(27)19(12-16)32-24-33-22(36)20(39-24)11-14-5-8-18-15(10-14)4-3-9-31-18/h3-12H,13H2,1-2H3,(H,34,35)(H,32,33,36). The van der Waals surface area contributed by atoms with Gasteiger partial charge in [0.1, 0.15) is 6.61 Å². The lowest BCUT2D eigenvalue weighted by atomic mass is 10.1. The number of thioether (sulfide) groups is 1. The highest BCUT2D eigenvalue weighted by atomic mass is 35.5. The van der Waals surface area contributed by atoms with Crippen LogP contribution in [0.5, 0.6) is 0 Å². The maximum absolute atomic E-state index is 12.7. The first kappa shape index (κ1) is 28.1. The summed E-state index contributed by atoms with van der Waals surface area (Å²) in [6, 6.07) is 13.5. The molecule has 1 aliphatic heterocycles. The second kappa shape index (κ2) is 11.1. The van der Waals surface area contributed by atoms with Gasteiger partial charge in [-0.15, -0.1) is 0 Å². The number of nitrogens with one attached hydrogen (secondary N) is 2. The number of esters is 1. The predicted molar refractivity (Wildman–Crippen MR) is 143 cm³/mol. The van der Waals surface area contributed by atoms with E-state index in [1.165, 1.54) is 32.0 Å². The number of amides is 2. The lowest BCUT2D eigenvalue weighted by Crippen LogP contribution is -2.48. The summed E-state index contributed by atoms with van der Waals surface area (Å²) in [7, 11) is 0. The molecule has 0 saturated carbocycles. The maximum Gasteiger partial charge on any atom is 0.490 e. The number of amidine groups is 1. The third-order valence-electron chi connectivity index (χ3n) is 5.25. The van der Waals surface area contributed by atoms with Crippen LogP contribution in [0.15, 0.2) is 64.6 Å². The fourth-order valence-electron chi connectivity index (χ4n) is 3.41. The van der Waals surface area contributed by atoms with Crippen molar-refractivity contribution in [1.29, 1.82) is 0 Å². The first-order valence-corrected chi connectivity index (χ1v) is 12.5. The smallest absolute Gasteiger partial charge is 0.457 e. The molecule has 13 heteroatoms. The molecule has 2 heterocycles. The van der Waals surface area contributed by atoms with Crippen molar-refractivity contribution in [3.63, 3.8) is 0 Å². The number of halogens is 4. The molecule has 0 bridgehead atoms. The van der Waals surface area contributed by atoms with Gasteiger partial charge in [-0.25, -0.2) is 9.79 Å². The Kier molecular flexibility index (Phi) is 7.98. The van der Waals surface area contributed by atoms with Gasteiger partial charge in [-0.2, -0.15) is 13.2 Å². The zero-order valence-corrected chi connectivity index (χ0v) is 22.0. The van der Waals surface area contributed by atoms with Gasteiger partial charge < -0.3 is 15.4 Å². The van der Waals surface area contributed by atoms with E-state index in [1.54, 1.807) is 12.3 Å². The van der Waals surface area contributed by atoms with Crippen LogP contribution in [-0.4, -0.2) is 46.3 Å². The molecule has 1 aliphatic rings. The van der Waals surface area contributed by atoms with E-state index in [-0.39, 0.29) is 27.3 Å². The van der Waals surface area contributed by atoms with Crippen molar-refractivity contribution in [2.24, 2.45) is 4.99 Å². The maximum atomic E-state index is 12.7. The number of carbonyl (C=O) groups excluding carboxylic acids is 3.